The summed E-state index contributed by atoms with van der Waals surface area (Å²) in [6, 6.07) is 3.74. The van der Waals surface area contributed by atoms with Gasteiger partial charge in [0.05, 0.1) is 10.9 Å². The topological polar surface area (TPSA) is 50.4 Å². The maximum absolute atomic E-state index is 11.9. The third kappa shape index (κ3) is 2.01. The predicted octanol–water partition coefficient (Wildman–Crippen LogP) is 3.46. The standard InChI is InChI=1S/C15H18O3/c1-4-5-6-12-13(16)11-8-7-9(2)10(3)14(11)18-15(12)17/h7-8,16H,4-6H2,1-3H3. The second-order valence-corrected chi connectivity index (χ2v) is 4.70. The summed E-state index contributed by atoms with van der Waals surface area (Å²) in [5, 5.41) is 10.8. The molecule has 1 N–H and O–H groups in total. The monoisotopic (exact) mass is 246 g/mol. The van der Waals surface area contributed by atoms with Crippen molar-refractivity contribution in [2.45, 2.75) is 40.0 Å². The molecule has 0 atom stereocenters. The Labute approximate surface area is 106 Å². The fourth-order valence-corrected chi connectivity index (χ4v) is 2.10. The number of fused-ring (bicyclic) bond motifs is 1. The van der Waals surface area contributed by atoms with Crippen molar-refractivity contribution < 1.29 is 9.52 Å². The molecular weight excluding hydrogens is 228 g/mol. The molecule has 0 saturated heterocycles. The lowest BCUT2D eigenvalue weighted by atomic mass is 10.0. The SMILES string of the molecule is CCCCc1c(O)c2ccc(C)c(C)c2oc1=O. The second kappa shape index (κ2) is 4.84. The van der Waals surface area contributed by atoms with Crippen LogP contribution >= 0.6 is 0 Å². The summed E-state index contributed by atoms with van der Waals surface area (Å²) in [6.07, 6.45) is 2.41. The van der Waals surface area contributed by atoms with E-state index >= 15 is 0 Å². The average molecular weight is 246 g/mol. The van der Waals surface area contributed by atoms with Crippen LogP contribution in [-0.4, -0.2) is 5.11 Å². The van der Waals surface area contributed by atoms with Crippen molar-refractivity contribution >= 4 is 11.0 Å². The zero-order valence-corrected chi connectivity index (χ0v) is 11.0. The molecule has 0 saturated carbocycles. The van der Waals surface area contributed by atoms with E-state index in [0.717, 1.165) is 24.0 Å². The van der Waals surface area contributed by atoms with Crippen LogP contribution in [0.4, 0.5) is 0 Å². The predicted molar refractivity (Wildman–Crippen MR) is 72.2 cm³/mol. The highest BCUT2D eigenvalue weighted by Gasteiger charge is 2.15. The molecule has 0 radical (unpaired) electrons. The molecule has 1 aromatic heterocycles. The first-order valence-corrected chi connectivity index (χ1v) is 6.31. The van der Waals surface area contributed by atoms with Crippen LogP contribution < -0.4 is 5.63 Å². The Hall–Kier alpha value is -1.77. The Balaban J connectivity index is 2.71. The minimum Gasteiger partial charge on any atom is -0.507 e. The van der Waals surface area contributed by atoms with Gasteiger partial charge in [0.25, 0.3) is 0 Å². The largest absolute Gasteiger partial charge is 0.507 e. The Morgan fingerprint density at radius 3 is 2.67 bits per heavy atom. The molecule has 2 aromatic rings. The molecule has 0 spiro atoms. The van der Waals surface area contributed by atoms with E-state index in [-0.39, 0.29) is 5.75 Å². The molecule has 0 aliphatic rings. The molecule has 0 aliphatic heterocycles. The summed E-state index contributed by atoms with van der Waals surface area (Å²) < 4.78 is 5.37. The van der Waals surface area contributed by atoms with Gasteiger partial charge in [-0.3, -0.25) is 0 Å². The summed E-state index contributed by atoms with van der Waals surface area (Å²) in [6.45, 7) is 5.90. The quantitative estimate of drug-likeness (QED) is 0.844. The van der Waals surface area contributed by atoms with Crippen LogP contribution in [0.2, 0.25) is 0 Å². The van der Waals surface area contributed by atoms with E-state index in [1.165, 1.54) is 0 Å². The van der Waals surface area contributed by atoms with Crippen LogP contribution in [0.15, 0.2) is 21.3 Å². The lowest BCUT2D eigenvalue weighted by Gasteiger charge is -2.09. The number of aromatic hydroxyl groups is 1. The average Bonchev–Trinajstić information content (AvgIpc) is 2.34. The van der Waals surface area contributed by atoms with E-state index in [0.29, 0.717) is 23.0 Å². The van der Waals surface area contributed by atoms with E-state index in [9.17, 15) is 9.90 Å². The van der Waals surface area contributed by atoms with Gasteiger partial charge in [0.15, 0.2) is 0 Å². The molecule has 0 amide bonds. The Morgan fingerprint density at radius 2 is 2.00 bits per heavy atom. The molecule has 2 rings (SSSR count). The minimum absolute atomic E-state index is 0.0813. The van der Waals surface area contributed by atoms with Gasteiger partial charge in [0.1, 0.15) is 11.3 Å². The zero-order chi connectivity index (χ0) is 13.3. The molecule has 0 fully saturated rings. The summed E-state index contributed by atoms with van der Waals surface area (Å²) in [7, 11) is 0. The van der Waals surface area contributed by atoms with Crippen molar-refractivity contribution in [1.82, 2.24) is 0 Å². The normalized spacial score (nSPS) is 11.1. The summed E-state index contributed by atoms with van der Waals surface area (Å²) in [4.78, 5) is 11.9. The minimum atomic E-state index is -0.415. The number of hydrogen-bond acceptors (Lipinski definition) is 3. The lowest BCUT2D eigenvalue weighted by molar-refractivity contribution is 0.454. The second-order valence-electron chi connectivity index (χ2n) is 4.70. The molecule has 96 valence electrons. The van der Waals surface area contributed by atoms with Gasteiger partial charge in [0, 0.05) is 0 Å². The fourth-order valence-electron chi connectivity index (χ4n) is 2.10. The van der Waals surface area contributed by atoms with Crippen molar-refractivity contribution in [2.75, 3.05) is 0 Å². The highest BCUT2D eigenvalue weighted by molar-refractivity contribution is 5.87. The van der Waals surface area contributed by atoms with Gasteiger partial charge in [-0.2, -0.15) is 0 Å². The summed E-state index contributed by atoms with van der Waals surface area (Å²) >= 11 is 0. The van der Waals surface area contributed by atoms with Crippen LogP contribution in [0.25, 0.3) is 11.0 Å². The Morgan fingerprint density at radius 1 is 1.28 bits per heavy atom. The Kier molecular flexibility index (Phi) is 3.41. The summed E-state index contributed by atoms with van der Waals surface area (Å²) in [5.74, 6) is 0.0813. The third-order valence-electron chi connectivity index (χ3n) is 3.44. The highest BCUT2D eigenvalue weighted by Crippen LogP contribution is 2.30. The summed E-state index contributed by atoms with van der Waals surface area (Å²) in [5.41, 5.74) is 2.43. The lowest BCUT2D eigenvalue weighted by Crippen LogP contribution is -2.08. The van der Waals surface area contributed by atoms with Crippen molar-refractivity contribution in [3.63, 3.8) is 0 Å². The fraction of sp³-hybridized carbons (Fsp3) is 0.400. The number of benzene rings is 1. The van der Waals surface area contributed by atoms with Crippen molar-refractivity contribution in [3.05, 3.63) is 39.2 Å². The van der Waals surface area contributed by atoms with Crippen molar-refractivity contribution in [1.29, 1.82) is 0 Å². The van der Waals surface area contributed by atoms with E-state index in [4.69, 9.17) is 4.42 Å². The van der Waals surface area contributed by atoms with Gasteiger partial charge >= 0.3 is 5.63 Å². The van der Waals surface area contributed by atoms with Crippen LogP contribution in [0, 0.1) is 13.8 Å². The van der Waals surface area contributed by atoms with Gasteiger partial charge < -0.3 is 9.52 Å². The number of hydrogen-bond donors (Lipinski definition) is 1. The molecule has 0 aliphatic carbocycles. The first-order chi connectivity index (χ1) is 8.56. The molecule has 3 nitrogen and oxygen atoms in total. The van der Waals surface area contributed by atoms with E-state index in [1.807, 2.05) is 32.9 Å². The number of aryl methyl sites for hydroxylation is 2. The van der Waals surface area contributed by atoms with E-state index < -0.39 is 5.63 Å². The van der Waals surface area contributed by atoms with E-state index in [2.05, 4.69) is 0 Å². The van der Waals surface area contributed by atoms with Gasteiger partial charge in [0.2, 0.25) is 0 Å². The molecule has 1 aromatic carbocycles. The van der Waals surface area contributed by atoms with Crippen LogP contribution in [0.1, 0.15) is 36.5 Å². The molecule has 18 heavy (non-hydrogen) atoms. The van der Waals surface area contributed by atoms with Crippen LogP contribution in [-0.2, 0) is 6.42 Å². The van der Waals surface area contributed by atoms with E-state index in [1.54, 1.807) is 0 Å². The number of rotatable bonds is 3. The third-order valence-corrected chi connectivity index (χ3v) is 3.44. The molecule has 3 heteroatoms. The van der Waals surface area contributed by atoms with Gasteiger partial charge in [-0.25, -0.2) is 4.79 Å². The molecular formula is C15H18O3. The molecule has 0 unspecified atom stereocenters. The van der Waals surface area contributed by atoms with Crippen molar-refractivity contribution in [2.24, 2.45) is 0 Å². The first-order valence-electron chi connectivity index (χ1n) is 6.31. The van der Waals surface area contributed by atoms with Crippen LogP contribution in [0.5, 0.6) is 5.75 Å². The maximum atomic E-state index is 11.9. The highest BCUT2D eigenvalue weighted by atomic mass is 16.4. The van der Waals surface area contributed by atoms with Crippen molar-refractivity contribution in [3.8, 4) is 5.75 Å². The maximum Gasteiger partial charge on any atom is 0.343 e. The molecule has 1 heterocycles. The first kappa shape index (κ1) is 12.7. The number of unbranched alkanes of at least 4 members (excludes halogenated alkanes) is 1. The van der Waals surface area contributed by atoms with Gasteiger partial charge in [-0.1, -0.05) is 19.4 Å². The van der Waals surface area contributed by atoms with Gasteiger partial charge in [-0.05, 0) is 43.9 Å². The zero-order valence-electron chi connectivity index (χ0n) is 11.0. The molecule has 0 bridgehead atoms. The van der Waals surface area contributed by atoms with Crippen LogP contribution in [0.3, 0.4) is 0 Å². The van der Waals surface area contributed by atoms with Gasteiger partial charge in [-0.15, -0.1) is 0 Å². The smallest absolute Gasteiger partial charge is 0.343 e. The Bertz CT molecular complexity index is 638.